The first kappa shape index (κ1) is 54.5. The molecule has 10 heteroatoms. The second-order valence-electron chi connectivity index (χ2n) is 21.3. The third-order valence-corrected chi connectivity index (χ3v) is 17.6. The van der Waals surface area contributed by atoms with Gasteiger partial charge in [0.25, 0.3) is 0 Å². The van der Waals surface area contributed by atoms with Crippen LogP contribution in [0.1, 0.15) is 0 Å². The summed E-state index contributed by atoms with van der Waals surface area (Å²) in [4.78, 5) is 4.50. The minimum atomic E-state index is 0.417. The quantitative estimate of drug-likeness (QED) is 0.153. The van der Waals surface area contributed by atoms with Crippen LogP contribution in [0.5, 0.6) is 0 Å². The zero-order chi connectivity index (χ0) is 59.2. The summed E-state index contributed by atoms with van der Waals surface area (Å²) in [6.45, 7) is 0. The van der Waals surface area contributed by atoms with E-state index in [1.165, 1.54) is 5.39 Å². The first-order chi connectivity index (χ1) is 43.3. The van der Waals surface area contributed by atoms with Crippen molar-refractivity contribution < 1.29 is 13.3 Å². The number of benzene rings is 14. The van der Waals surface area contributed by atoms with Gasteiger partial charge in [0.1, 0.15) is 33.5 Å². The van der Waals surface area contributed by atoms with Crippen molar-refractivity contribution in [2.75, 3.05) is 15.1 Å². The predicted octanol–water partition coefficient (Wildman–Crippen LogP) is 25.5. The van der Waals surface area contributed by atoms with E-state index in [0.29, 0.717) is 20.1 Å². The van der Waals surface area contributed by atoms with E-state index in [4.69, 9.17) is 59.7 Å². The van der Waals surface area contributed by atoms with Crippen LogP contribution in [0.4, 0.5) is 45.5 Å². The van der Waals surface area contributed by atoms with Gasteiger partial charge in [0.05, 0.1) is 64.7 Å². The van der Waals surface area contributed by atoms with Crippen molar-refractivity contribution in [2.45, 2.75) is 0 Å². The first-order valence-electron chi connectivity index (χ1n) is 28.7. The monoisotopic (exact) mass is 1220 g/mol. The minimum Gasteiger partial charge on any atom is -0.455 e. The normalized spacial score (nSPS) is 11.4. The predicted molar refractivity (Wildman–Crippen MR) is 373 cm³/mol. The summed E-state index contributed by atoms with van der Waals surface area (Å²) in [6.07, 6.45) is 0. The summed E-state index contributed by atoms with van der Waals surface area (Å²) in [5.74, 6) is 0. The standard InChI is InChI=1S/C50H31ClN2O2.C22H15NO.C6H3Cl3/c51-48-42(52(34-16-3-1-4-17-34)40-22-12-26-44-46(40)38-30-28-32-14-7-9-20-36(32)49(38)54-44)24-11-25-43(48)53(35-18-5-2-6-19-35)41-23-13-27-45-47(41)39-31-29-33-15-8-10-21-37(33)50(39)55-45;1-2-8-16(9-3-1)23-19-11-6-12-20-21(19)18-14-13-15-7-4-5-10-17(15)22(18)24-20;7-4-2-1-3-5(8)6(4)9/h1-31H;1-14,23H;1-3H. The Balaban J connectivity index is 0.000000161. The second kappa shape index (κ2) is 23.2. The second-order valence-corrected chi connectivity index (χ2v) is 22.8. The van der Waals surface area contributed by atoms with Gasteiger partial charge < -0.3 is 28.4 Å². The Kier molecular flexibility index (Phi) is 14.4. The molecule has 0 radical (unpaired) electrons. The summed E-state index contributed by atoms with van der Waals surface area (Å²) >= 11 is 24.6. The maximum atomic E-state index is 7.81. The van der Waals surface area contributed by atoms with Crippen LogP contribution >= 0.6 is 46.4 Å². The van der Waals surface area contributed by atoms with Gasteiger partial charge in [-0.3, -0.25) is 0 Å². The zero-order valence-corrected chi connectivity index (χ0v) is 49.9. The highest BCUT2D eigenvalue weighted by atomic mass is 35.5. The molecule has 0 saturated carbocycles. The van der Waals surface area contributed by atoms with E-state index in [-0.39, 0.29) is 0 Å². The number of hydrogen-bond acceptors (Lipinski definition) is 6. The maximum Gasteiger partial charge on any atom is 0.143 e. The van der Waals surface area contributed by atoms with Gasteiger partial charge in [-0.15, -0.1) is 0 Å². The molecule has 0 amide bonds. The molecule has 6 nitrogen and oxygen atoms in total. The Labute approximate surface area is 526 Å². The van der Waals surface area contributed by atoms with Gasteiger partial charge in [-0.05, 0) is 131 Å². The van der Waals surface area contributed by atoms with Gasteiger partial charge in [0, 0.05) is 49.4 Å². The van der Waals surface area contributed by atoms with E-state index in [1.807, 2.05) is 54.6 Å². The van der Waals surface area contributed by atoms with E-state index in [2.05, 4.69) is 234 Å². The number of nitrogens with one attached hydrogen (secondary N) is 1. The summed E-state index contributed by atoms with van der Waals surface area (Å²) in [7, 11) is 0. The van der Waals surface area contributed by atoms with Gasteiger partial charge in [-0.25, -0.2) is 0 Å². The highest BCUT2D eigenvalue weighted by Gasteiger charge is 2.27. The summed E-state index contributed by atoms with van der Waals surface area (Å²) in [6, 6.07) is 99.2. The van der Waals surface area contributed by atoms with Crippen LogP contribution in [0.3, 0.4) is 0 Å². The van der Waals surface area contributed by atoms with Crippen LogP contribution in [0.2, 0.25) is 20.1 Å². The number of fused-ring (bicyclic) bond motifs is 15. The number of furan rings is 3. The number of anilines is 8. The maximum absolute atomic E-state index is 7.81. The molecule has 0 unspecified atom stereocenters. The van der Waals surface area contributed by atoms with Crippen LogP contribution in [-0.2, 0) is 0 Å². The smallest absolute Gasteiger partial charge is 0.143 e. The van der Waals surface area contributed by atoms with E-state index in [1.54, 1.807) is 18.2 Å². The molecule has 1 N–H and O–H groups in total. The lowest BCUT2D eigenvalue weighted by atomic mass is 10.0. The lowest BCUT2D eigenvalue weighted by Crippen LogP contribution is -2.14. The molecular weight excluding hydrogens is 1170 g/mol. The van der Waals surface area contributed by atoms with Crippen LogP contribution in [0.15, 0.2) is 304 Å². The molecule has 17 rings (SSSR count). The third-order valence-electron chi connectivity index (χ3n) is 16.0. The van der Waals surface area contributed by atoms with Gasteiger partial charge in [-0.1, -0.05) is 222 Å². The molecular formula is C78H49Cl4N3O3. The molecule has 0 saturated heterocycles. The number of hydrogen-bond donors (Lipinski definition) is 1. The molecule has 0 spiro atoms. The number of rotatable bonds is 8. The number of halogens is 4. The molecule has 0 aliphatic heterocycles. The SMILES string of the molecule is Clc1c(N(c2ccccc2)c2cccc3oc4c5ccccc5ccc4c23)cccc1N(c1ccccc1)c1cccc2oc3c4ccccc4ccc3c12.Clc1cccc(Cl)c1Cl.c1ccc(Nc2cccc3oc4c5ccccc5ccc4c23)cc1. The molecule has 17 aromatic rings. The highest BCUT2D eigenvalue weighted by molar-refractivity contribution is 6.48. The Morgan fingerprint density at radius 2 is 0.614 bits per heavy atom. The molecule has 14 aromatic carbocycles. The number of nitrogens with zero attached hydrogens (tertiary/aromatic N) is 2. The van der Waals surface area contributed by atoms with Gasteiger partial charge in [0.15, 0.2) is 0 Å². The largest absolute Gasteiger partial charge is 0.455 e. The lowest BCUT2D eigenvalue weighted by Gasteiger charge is -2.31. The van der Waals surface area contributed by atoms with Crippen LogP contribution in [0, 0.1) is 0 Å². The average molecular weight is 1220 g/mol. The zero-order valence-electron chi connectivity index (χ0n) is 46.8. The molecule has 3 heterocycles. The summed E-state index contributed by atoms with van der Waals surface area (Å²) < 4.78 is 19.5. The van der Waals surface area contributed by atoms with E-state index in [0.717, 1.165) is 138 Å². The van der Waals surface area contributed by atoms with Gasteiger partial charge in [-0.2, -0.15) is 0 Å². The Morgan fingerprint density at radius 3 is 1.06 bits per heavy atom. The van der Waals surface area contributed by atoms with Crippen molar-refractivity contribution in [2.24, 2.45) is 0 Å². The van der Waals surface area contributed by atoms with Crippen molar-refractivity contribution in [1.82, 2.24) is 0 Å². The third kappa shape index (κ3) is 9.83. The fraction of sp³-hybridized carbons (Fsp3) is 0. The molecule has 0 aliphatic rings. The van der Waals surface area contributed by atoms with Crippen LogP contribution < -0.4 is 15.1 Å². The van der Waals surface area contributed by atoms with Crippen molar-refractivity contribution in [3.05, 3.63) is 311 Å². The van der Waals surface area contributed by atoms with Crippen LogP contribution in [0.25, 0.3) is 98.1 Å². The Bertz CT molecular complexity index is 5220. The molecule has 422 valence electrons. The fourth-order valence-corrected chi connectivity index (χ4v) is 12.9. The number of para-hydroxylation sites is 3. The lowest BCUT2D eigenvalue weighted by molar-refractivity contribution is 0.672. The van der Waals surface area contributed by atoms with Gasteiger partial charge in [0.2, 0.25) is 0 Å². The van der Waals surface area contributed by atoms with E-state index in [9.17, 15) is 0 Å². The Morgan fingerprint density at radius 1 is 0.261 bits per heavy atom. The summed E-state index contributed by atoms with van der Waals surface area (Å²) in [5.41, 5.74) is 12.9. The molecule has 3 aromatic heterocycles. The topological polar surface area (TPSA) is 57.9 Å². The Hall–Kier alpha value is -10.2. The minimum absolute atomic E-state index is 0.417. The van der Waals surface area contributed by atoms with Crippen LogP contribution in [-0.4, -0.2) is 0 Å². The molecule has 0 fully saturated rings. The highest BCUT2D eigenvalue weighted by Crippen LogP contribution is 2.52. The molecule has 0 atom stereocenters. The van der Waals surface area contributed by atoms with E-state index < -0.39 is 0 Å². The fourth-order valence-electron chi connectivity index (χ4n) is 12.1. The van der Waals surface area contributed by atoms with Crippen molar-refractivity contribution >= 4 is 190 Å². The van der Waals surface area contributed by atoms with Crippen molar-refractivity contribution in [3.8, 4) is 0 Å². The van der Waals surface area contributed by atoms with E-state index >= 15 is 0 Å². The summed E-state index contributed by atoms with van der Waals surface area (Å²) in [5, 5.41) is 18.7. The van der Waals surface area contributed by atoms with Crippen molar-refractivity contribution in [3.63, 3.8) is 0 Å². The molecule has 0 bridgehead atoms. The van der Waals surface area contributed by atoms with Gasteiger partial charge >= 0.3 is 0 Å². The van der Waals surface area contributed by atoms with Crippen molar-refractivity contribution in [1.29, 1.82) is 0 Å². The first-order valence-corrected chi connectivity index (χ1v) is 30.3. The molecule has 0 aliphatic carbocycles. The molecule has 88 heavy (non-hydrogen) atoms. The average Bonchev–Trinajstić information content (AvgIpc) is 1.97.